The van der Waals surface area contributed by atoms with E-state index in [9.17, 15) is 4.39 Å². The number of nitrogen functional groups attached to an aromatic ring is 1. The van der Waals surface area contributed by atoms with Crippen LogP contribution in [0, 0.1) is 12.7 Å². The highest BCUT2D eigenvalue weighted by molar-refractivity contribution is 5.86. The Kier molecular flexibility index (Phi) is 1.95. The molecular weight excluding hydrogens is 219 g/mol. The van der Waals surface area contributed by atoms with E-state index < -0.39 is 0 Å². The molecular formula is C12H11FN4. The van der Waals surface area contributed by atoms with Crippen molar-refractivity contribution in [3.8, 4) is 11.3 Å². The fraction of sp³-hybridized carbons (Fsp3) is 0.0833. The predicted molar refractivity (Wildman–Crippen MR) is 65.0 cm³/mol. The van der Waals surface area contributed by atoms with Crippen molar-refractivity contribution in [3.63, 3.8) is 0 Å². The molecule has 3 rings (SSSR count). The maximum Gasteiger partial charge on any atom is 0.145 e. The molecule has 0 saturated carbocycles. The molecule has 3 aromatic rings. The number of hydrogen-bond acceptors (Lipinski definition) is 2. The number of anilines is 1. The quantitative estimate of drug-likeness (QED) is 0.601. The van der Waals surface area contributed by atoms with Crippen LogP contribution in [0.25, 0.3) is 22.2 Å². The molecule has 0 unspecified atom stereocenters. The summed E-state index contributed by atoms with van der Waals surface area (Å²) in [7, 11) is 0. The van der Waals surface area contributed by atoms with E-state index in [-0.39, 0.29) is 5.82 Å². The molecule has 0 atom stereocenters. The summed E-state index contributed by atoms with van der Waals surface area (Å²) in [5, 5.41) is 7.08. The first-order valence-corrected chi connectivity index (χ1v) is 5.24. The van der Waals surface area contributed by atoms with Gasteiger partial charge in [-0.05, 0) is 25.1 Å². The van der Waals surface area contributed by atoms with Crippen molar-refractivity contribution < 1.29 is 4.39 Å². The molecule has 86 valence electrons. The lowest BCUT2D eigenvalue weighted by molar-refractivity contribution is 0.642. The van der Waals surface area contributed by atoms with Crippen LogP contribution in [-0.2, 0) is 0 Å². The molecule has 17 heavy (non-hydrogen) atoms. The fourth-order valence-electron chi connectivity index (χ4n) is 1.99. The highest BCUT2D eigenvalue weighted by atomic mass is 19.1. The number of hydrogen-bond donors (Lipinski definition) is 3. The van der Waals surface area contributed by atoms with E-state index >= 15 is 0 Å². The lowest BCUT2D eigenvalue weighted by Gasteiger charge is -2.00. The second kappa shape index (κ2) is 3.35. The van der Waals surface area contributed by atoms with Crippen LogP contribution in [0.15, 0.2) is 24.3 Å². The number of H-pyrrole nitrogens is 2. The smallest absolute Gasteiger partial charge is 0.145 e. The van der Waals surface area contributed by atoms with Crippen molar-refractivity contribution in [2.45, 2.75) is 6.92 Å². The highest BCUT2D eigenvalue weighted by Gasteiger charge is 2.12. The summed E-state index contributed by atoms with van der Waals surface area (Å²) in [5.74, 6) is 0.0836. The number of nitrogens with zero attached hydrogens (tertiary/aromatic N) is 1. The van der Waals surface area contributed by atoms with Gasteiger partial charge >= 0.3 is 0 Å². The first-order valence-electron chi connectivity index (χ1n) is 5.24. The van der Waals surface area contributed by atoms with Gasteiger partial charge in [-0.15, -0.1) is 0 Å². The molecule has 0 fully saturated rings. The van der Waals surface area contributed by atoms with E-state index in [0.29, 0.717) is 22.5 Å². The van der Waals surface area contributed by atoms with Crippen molar-refractivity contribution in [3.05, 3.63) is 35.8 Å². The van der Waals surface area contributed by atoms with E-state index in [4.69, 9.17) is 5.73 Å². The number of nitrogens with two attached hydrogens (primary N) is 1. The molecule has 1 aromatic carbocycles. The van der Waals surface area contributed by atoms with Gasteiger partial charge in [-0.3, -0.25) is 5.10 Å². The van der Waals surface area contributed by atoms with E-state index in [2.05, 4.69) is 15.2 Å². The Morgan fingerprint density at radius 1 is 1.29 bits per heavy atom. The Morgan fingerprint density at radius 3 is 2.82 bits per heavy atom. The number of halogens is 1. The lowest BCUT2D eigenvalue weighted by atomic mass is 10.1. The van der Waals surface area contributed by atoms with Crippen LogP contribution in [0.5, 0.6) is 0 Å². The molecule has 0 spiro atoms. The summed E-state index contributed by atoms with van der Waals surface area (Å²) in [4.78, 5) is 3.09. The third-order valence-corrected chi connectivity index (χ3v) is 2.76. The lowest BCUT2D eigenvalue weighted by Crippen LogP contribution is -1.85. The average molecular weight is 230 g/mol. The summed E-state index contributed by atoms with van der Waals surface area (Å²) < 4.78 is 14.3. The summed E-state index contributed by atoms with van der Waals surface area (Å²) in [6.07, 6.45) is 0. The number of aromatic amines is 2. The van der Waals surface area contributed by atoms with Gasteiger partial charge < -0.3 is 10.7 Å². The number of rotatable bonds is 1. The molecule has 4 nitrogen and oxygen atoms in total. The molecule has 0 saturated heterocycles. The average Bonchev–Trinajstić information content (AvgIpc) is 2.85. The zero-order valence-electron chi connectivity index (χ0n) is 9.21. The first kappa shape index (κ1) is 9.89. The van der Waals surface area contributed by atoms with Gasteiger partial charge in [0.05, 0.1) is 5.69 Å². The van der Waals surface area contributed by atoms with Gasteiger partial charge in [0.25, 0.3) is 0 Å². The second-order valence-corrected chi connectivity index (χ2v) is 4.05. The Morgan fingerprint density at radius 2 is 2.12 bits per heavy atom. The van der Waals surface area contributed by atoms with Gasteiger partial charge in [-0.25, -0.2) is 4.39 Å². The van der Waals surface area contributed by atoms with Crippen LogP contribution in [0.3, 0.4) is 0 Å². The van der Waals surface area contributed by atoms with Crippen molar-refractivity contribution in [2.24, 2.45) is 0 Å². The maximum atomic E-state index is 14.3. The van der Waals surface area contributed by atoms with Crippen LogP contribution < -0.4 is 5.73 Å². The van der Waals surface area contributed by atoms with Crippen molar-refractivity contribution in [1.82, 2.24) is 15.2 Å². The maximum absolute atomic E-state index is 14.3. The van der Waals surface area contributed by atoms with Crippen molar-refractivity contribution >= 4 is 16.7 Å². The molecule has 0 radical (unpaired) electrons. The number of benzene rings is 1. The van der Waals surface area contributed by atoms with E-state index in [1.165, 1.54) is 0 Å². The van der Waals surface area contributed by atoms with E-state index in [0.717, 1.165) is 11.2 Å². The normalized spacial score (nSPS) is 11.2. The fourth-order valence-corrected chi connectivity index (χ4v) is 1.99. The summed E-state index contributed by atoms with van der Waals surface area (Å²) in [6.45, 7) is 1.90. The third kappa shape index (κ3) is 1.47. The molecule has 0 aliphatic heterocycles. The molecule has 2 heterocycles. The zero-order valence-corrected chi connectivity index (χ0v) is 9.21. The molecule has 2 aromatic heterocycles. The largest absolute Gasteiger partial charge is 0.382 e. The van der Waals surface area contributed by atoms with Crippen molar-refractivity contribution in [2.75, 3.05) is 5.73 Å². The Labute approximate surface area is 96.6 Å². The topological polar surface area (TPSA) is 70.5 Å². The first-order chi connectivity index (χ1) is 8.15. The number of fused-ring (bicyclic) bond motifs is 1. The molecule has 0 aliphatic carbocycles. The van der Waals surface area contributed by atoms with Crippen LogP contribution in [0.1, 0.15) is 5.69 Å². The second-order valence-electron chi connectivity index (χ2n) is 4.05. The van der Waals surface area contributed by atoms with Crippen LogP contribution in [-0.4, -0.2) is 15.2 Å². The van der Waals surface area contributed by atoms with Gasteiger partial charge in [-0.2, -0.15) is 5.10 Å². The van der Waals surface area contributed by atoms with Crippen LogP contribution >= 0.6 is 0 Å². The van der Waals surface area contributed by atoms with Gasteiger partial charge in [0, 0.05) is 28.2 Å². The number of aryl methyl sites for hydroxylation is 1. The molecule has 0 amide bonds. The van der Waals surface area contributed by atoms with E-state index in [1.807, 2.05) is 13.0 Å². The summed E-state index contributed by atoms with van der Waals surface area (Å²) in [5.41, 5.74) is 8.29. The van der Waals surface area contributed by atoms with Gasteiger partial charge in [0.2, 0.25) is 0 Å². The number of nitrogens with one attached hydrogen (secondary N) is 2. The van der Waals surface area contributed by atoms with Gasteiger partial charge in [-0.1, -0.05) is 0 Å². The van der Waals surface area contributed by atoms with Crippen molar-refractivity contribution in [1.29, 1.82) is 0 Å². The summed E-state index contributed by atoms with van der Waals surface area (Å²) in [6, 6.07) is 6.95. The number of aromatic nitrogens is 3. The molecule has 0 aliphatic rings. The SMILES string of the molecule is Cc1cc2c(F)c(-c3cc(N)n[nH]3)ccc2[nH]1. The van der Waals surface area contributed by atoms with Crippen LogP contribution in [0.4, 0.5) is 10.2 Å². The minimum absolute atomic E-state index is 0.268. The van der Waals surface area contributed by atoms with Gasteiger partial charge in [0.1, 0.15) is 11.6 Å². The minimum Gasteiger partial charge on any atom is -0.382 e. The Hall–Kier alpha value is -2.30. The Bertz CT molecular complexity index is 696. The molecule has 5 heteroatoms. The predicted octanol–water partition coefficient (Wildman–Crippen LogP) is 2.59. The zero-order chi connectivity index (χ0) is 12.0. The molecule has 4 N–H and O–H groups in total. The monoisotopic (exact) mass is 230 g/mol. The third-order valence-electron chi connectivity index (χ3n) is 2.76. The molecule has 0 bridgehead atoms. The van der Waals surface area contributed by atoms with Gasteiger partial charge in [0.15, 0.2) is 0 Å². The standard InChI is InChI=1S/C12H11FN4/c1-6-4-8-9(15-6)3-2-7(12(8)13)10-5-11(14)17-16-10/h2-5,15H,1H3,(H3,14,16,17). The minimum atomic E-state index is -0.268. The Balaban J connectivity index is 2.27. The van der Waals surface area contributed by atoms with E-state index in [1.54, 1.807) is 18.2 Å². The summed E-state index contributed by atoms with van der Waals surface area (Å²) >= 11 is 0. The van der Waals surface area contributed by atoms with Crippen LogP contribution in [0.2, 0.25) is 0 Å². The highest BCUT2D eigenvalue weighted by Crippen LogP contribution is 2.28.